The van der Waals surface area contributed by atoms with Crippen LogP contribution in [0.15, 0.2) is 24.3 Å². The molecule has 0 aliphatic carbocycles. The van der Waals surface area contributed by atoms with Gasteiger partial charge in [0, 0.05) is 18.8 Å². The zero-order valence-corrected chi connectivity index (χ0v) is 11.9. The lowest BCUT2D eigenvalue weighted by Gasteiger charge is -2.19. The van der Waals surface area contributed by atoms with Gasteiger partial charge in [-0.15, -0.1) is 0 Å². The molecule has 1 atom stereocenters. The van der Waals surface area contributed by atoms with E-state index in [0.717, 1.165) is 21.4 Å². The van der Waals surface area contributed by atoms with Crippen molar-refractivity contribution >= 4 is 27.9 Å². The van der Waals surface area contributed by atoms with Crippen LogP contribution in [0.5, 0.6) is 0 Å². The molecule has 2 rings (SSSR count). The van der Waals surface area contributed by atoms with Gasteiger partial charge in [0.15, 0.2) is 5.60 Å². The van der Waals surface area contributed by atoms with Crippen molar-refractivity contribution in [2.45, 2.75) is 24.3 Å². The number of hydrogen-bond acceptors (Lipinski definition) is 3. The third kappa shape index (κ3) is 2.27. The van der Waals surface area contributed by atoms with Crippen LogP contribution in [-0.2, 0) is 21.3 Å². The number of ether oxygens (including phenoxy) is 1. The summed E-state index contributed by atoms with van der Waals surface area (Å²) >= 11 is 3.38. The van der Waals surface area contributed by atoms with E-state index in [0.29, 0.717) is 6.42 Å². The van der Waals surface area contributed by atoms with E-state index in [1.807, 2.05) is 24.3 Å². The van der Waals surface area contributed by atoms with Crippen LogP contribution in [0.25, 0.3) is 0 Å². The summed E-state index contributed by atoms with van der Waals surface area (Å²) in [6, 6.07) is 7.86. The number of halogens is 1. The maximum absolute atomic E-state index is 11.9. The molecule has 0 radical (unpaired) electrons. The smallest absolute Gasteiger partial charge is 0.417 e. The normalized spacial score (nSPS) is 23.4. The molecule has 5 heteroatoms. The Labute approximate surface area is 114 Å². The van der Waals surface area contributed by atoms with Crippen LogP contribution in [0.1, 0.15) is 18.1 Å². The Bertz CT molecular complexity index is 486. The maximum atomic E-state index is 11.9. The first-order chi connectivity index (χ1) is 8.46. The quantitative estimate of drug-likeness (QED) is 0.806. The molecular weight excluding hydrogens is 298 g/mol. The van der Waals surface area contributed by atoms with Gasteiger partial charge < -0.3 is 4.74 Å². The summed E-state index contributed by atoms with van der Waals surface area (Å²) in [6.07, 6.45) is -0.190. The van der Waals surface area contributed by atoms with Crippen LogP contribution < -0.4 is 0 Å². The summed E-state index contributed by atoms with van der Waals surface area (Å²) in [5.74, 6) is -0.294. The van der Waals surface area contributed by atoms with Crippen molar-refractivity contribution in [2.75, 3.05) is 7.05 Å². The van der Waals surface area contributed by atoms with Gasteiger partial charge in [0.05, 0.1) is 0 Å². The van der Waals surface area contributed by atoms with Crippen molar-refractivity contribution in [2.24, 2.45) is 0 Å². The second-order valence-corrected chi connectivity index (χ2v) is 5.15. The first-order valence-electron chi connectivity index (χ1n) is 5.61. The van der Waals surface area contributed by atoms with Gasteiger partial charge in [-0.25, -0.2) is 9.69 Å². The number of carbonyl (C=O) groups excluding carboxylic acids is 2. The molecule has 1 aliphatic heterocycles. The highest BCUT2D eigenvalue weighted by molar-refractivity contribution is 9.08. The van der Waals surface area contributed by atoms with E-state index in [-0.39, 0.29) is 5.91 Å². The summed E-state index contributed by atoms with van der Waals surface area (Å²) < 4.78 is 5.16. The average Bonchev–Trinajstić information content (AvgIpc) is 2.54. The van der Waals surface area contributed by atoms with Gasteiger partial charge in [0.25, 0.3) is 5.91 Å². The lowest BCUT2D eigenvalue weighted by atomic mass is 9.95. The van der Waals surface area contributed by atoms with Crippen LogP contribution in [0, 0.1) is 0 Å². The van der Waals surface area contributed by atoms with Gasteiger partial charge >= 0.3 is 6.09 Å². The molecule has 2 amide bonds. The molecule has 0 spiro atoms. The van der Waals surface area contributed by atoms with Gasteiger partial charge in [0.2, 0.25) is 0 Å². The lowest BCUT2D eigenvalue weighted by molar-refractivity contribution is -0.134. The Kier molecular flexibility index (Phi) is 3.43. The summed E-state index contributed by atoms with van der Waals surface area (Å²) in [7, 11) is 1.43. The molecular formula is C13H14BrNO3. The number of hydrogen-bond donors (Lipinski definition) is 0. The Morgan fingerprint density at radius 2 is 1.78 bits per heavy atom. The van der Waals surface area contributed by atoms with Gasteiger partial charge in [-0.1, -0.05) is 40.2 Å². The number of carbonyl (C=O) groups is 2. The van der Waals surface area contributed by atoms with Crippen molar-refractivity contribution in [3.63, 3.8) is 0 Å². The molecule has 0 aromatic heterocycles. The number of amides is 2. The highest BCUT2D eigenvalue weighted by Gasteiger charge is 2.48. The van der Waals surface area contributed by atoms with Gasteiger partial charge in [0.1, 0.15) is 0 Å². The minimum atomic E-state index is -1.08. The molecule has 18 heavy (non-hydrogen) atoms. The molecule has 0 bridgehead atoms. The van der Waals surface area contributed by atoms with E-state index in [1.165, 1.54) is 7.05 Å². The van der Waals surface area contributed by atoms with E-state index in [9.17, 15) is 9.59 Å². The lowest BCUT2D eigenvalue weighted by Crippen LogP contribution is -2.38. The highest BCUT2D eigenvalue weighted by Crippen LogP contribution is 2.27. The zero-order chi connectivity index (χ0) is 13.3. The van der Waals surface area contributed by atoms with Crippen molar-refractivity contribution in [3.05, 3.63) is 35.4 Å². The Balaban J connectivity index is 2.17. The molecule has 1 aromatic rings. The fourth-order valence-corrected chi connectivity index (χ4v) is 2.36. The maximum Gasteiger partial charge on any atom is 0.417 e. The first-order valence-corrected chi connectivity index (χ1v) is 6.73. The fraction of sp³-hybridized carbons (Fsp3) is 0.385. The van der Waals surface area contributed by atoms with Gasteiger partial charge in [-0.05, 0) is 18.1 Å². The molecule has 1 heterocycles. The molecule has 0 unspecified atom stereocenters. The predicted molar refractivity (Wildman–Crippen MR) is 70.4 cm³/mol. The average molecular weight is 312 g/mol. The standard InChI is InChI=1S/C13H14BrNO3/c1-13(11(16)15(2)12(17)18-13)7-9-3-5-10(8-14)6-4-9/h3-6H,7-8H2,1-2H3/t13-/m1/s1. The van der Waals surface area contributed by atoms with E-state index < -0.39 is 11.7 Å². The number of cyclic esters (lactones) is 1. The first kappa shape index (κ1) is 13.1. The molecule has 4 nitrogen and oxygen atoms in total. The highest BCUT2D eigenvalue weighted by atomic mass is 79.9. The summed E-state index contributed by atoms with van der Waals surface area (Å²) in [5.41, 5.74) is 1.05. The number of rotatable bonds is 3. The molecule has 0 saturated carbocycles. The van der Waals surface area contributed by atoms with Crippen molar-refractivity contribution in [1.29, 1.82) is 0 Å². The molecule has 1 saturated heterocycles. The number of benzene rings is 1. The molecule has 96 valence electrons. The number of alkyl halides is 1. The van der Waals surface area contributed by atoms with Crippen LogP contribution in [0.4, 0.5) is 4.79 Å². The zero-order valence-electron chi connectivity index (χ0n) is 10.3. The summed E-state index contributed by atoms with van der Waals surface area (Å²) in [5, 5.41) is 0.793. The second kappa shape index (κ2) is 4.72. The van der Waals surface area contributed by atoms with E-state index in [4.69, 9.17) is 4.74 Å². The van der Waals surface area contributed by atoms with Crippen molar-refractivity contribution in [1.82, 2.24) is 4.90 Å². The minimum absolute atomic E-state index is 0.294. The molecule has 1 aromatic carbocycles. The molecule has 1 aliphatic rings. The van der Waals surface area contributed by atoms with Crippen LogP contribution >= 0.6 is 15.9 Å². The van der Waals surface area contributed by atoms with Crippen LogP contribution in [-0.4, -0.2) is 29.5 Å². The van der Waals surface area contributed by atoms with E-state index >= 15 is 0 Å². The fourth-order valence-electron chi connectivity index (χ4n) is 1.99. The predicted octanol–water partition coefficient (Wildman–Crippen LogP) is 2.49. The van der Waals surface area contributed by atoms with Crippen molar-refractivity contribution in [3.8, 4) is 0 Å². The summed E-state index contributed by atoms with van der Waals surface area (Å²) in [4.78, 5) is 24.3. The Morgan fingerprint density at radius 1 is 1.22 bits per heavy atom. The van der Waals surface area contributed by atoms with Crippen LogP contribution in [0.2, 0.25) is 0 Å². The number of imide groups is 1. The van der Waals surface area contributed by atoms with Gasteiger partial charge in [-0.3, -0.25) is 4.79 Å². The Morgan fingerprint density at radius 3 is 2.22 bits per heavy atom. The van der Waals surface area contributed by atoms with Crippen LogP contribution in [0.3, 0.4) is 0 Å². The molecule has 0 N–H and O–H groups in total. The third-order valence-corrected chi connectivity index (χ3v) is 3.71. The largest absolute Gasteiger partial charge is 0.432 e. The summed E-state index contributed by atoms with van der Waals surface area (Å²) in [6.45, 7) is 1.65. The number of likely N-dealkylation sites (N-methyl/N-ethyl adjacent to an activating group) is 1. The third-order valence-electron chi connectivity index (χ3n) is 3.06. The Hall–Kier alpha value is -1.36. The second-order valence-electron chi connectivity index (χ2n) is 4.59. The minimum Gasteiger partial charge on any atom is -0.432 e. The molecule has 1 fully saturated rings. The topological polar surface area (TPSA) is 46.6 Å². The van der Waals surface area contributed by atoms with Crippen molar-refractivity contribution < 1.29 is 14.3 Å². The van der Waals surface area contributed by atoms with Gasteiger partial charge in [-0.2, -0.15) is 0 Å². The SMILES string of the molecule is CN1C(=O)O[C@](C)(Cc2ccc(CBr)cc2)C1=O. The monoisotopic (exact) mass is 311 g/mol. The van der Waals surface area contributed by atoms with E-state index in [2.05, 4.69) is 15.9 Å². The van der Waals surface area contributed by atoms with E-state index in [1.54, 1.807) is 6.92 Å². The number of nitrogens with zero attached hydrogens (tertiary/aromatic N) is 1.